The summed E-state index contributed by atoms with van der Waals surface area (Å²) in [7, 11) is 0. The minimum absolute atomic E-state index is 0.0767. The van der Waals surface area contributed by atoms with E-state index in [9.17, 15) is 9.59 Å². The summed E-state index contributed by atoms with van der Waals surface area (Å²) in [6.07, 6.45) is 1.65. The lowest BCUT2D eigenvalue weighted by Gasteiger charge is -2.09. The zero-order valence-corrected chi connectivity index (χ0v) is 15.5. The number of aromatic nitrogens is 4. The third kappa shape index (κ3) is 3.35. The first kappa shape index (κ1) is 17.8. The van der Waals surface area contributed by atoms with Gasteiger partial charge in [0.05, 0.1) is 16.3 Å². The summed E-state index contributed by atoms with van der Waals surface area (Å²) >= 11 is 6.34. The SMILES string of the molecule is CC(=O)c1cccc(NC(=O)c2ccc(-n3nnc4cccnc43)cc2Cl)c1. The number of Topliss-reactive ketones (excluding diaryl/α,β-unsaturated/α-hetero) is 1. The third-order valence-corrected chi connectivity index (χ3v) is 4.49. The van der Waals surface area contributed by atoms with Crippen molar-refractivity contribution in [2.75, 3.05) is 5.32 Å². The molecule has 2 aromatic carbocycles. The standard InChI is InChI=1S/C20H14ClN5O2/c1-12(27)13-4-2-5-14(10-13)23-20(28)16-8-7-15(11-17(16)21)26-19-18(24-25-26)6-3-9-22-19/h2-11H,1H3,(H,23,28). The van der Waals surface area contributed by atoms with Crippen LogP contribution in [0.2, 0.25) is 5.02 Å². The number of halogens is 1. The second-order valence-corrected chi connectivity index (χ2v) is 6.51. The van der Waals surface area contributed by atoms with Crippen LogP contribution in [0.3, 0.4) is 0 Å². The number of hydrogen-bond acceptors (Lipinski definition) is 5. The smallest absolute Gasteiger partial charge is 0.257 e. The second-order valence-electron chi connectivity index (χ2n) is 6.10. The average molecular weight is 392 g/mol. The van der Waals surface area contributed by atoms with Crippen LogP contribution < -0.4 is 5.32 Å². The van der Waals surface area contributed by atoms with Gasteiger partial charge in [-0.2, -0.15) is 4.68 Å². The first-order valence-corrected chi connectivity index (χ1v) is 8.79. The first-order valence-electron chi connectivity index (χ1n) is 8.41. The maximum atomic E-state index is 12.6. The Balaban J connectivity index is 1.62. The number of rotatable bonds is 4. The van der Waals surface area contributed by atoms with E-state index in [1.54, 1.807) is 59.4 Å². The molecule has 4 rings (SSSR count). The van der Waals surface area contributed by atoms with E-state index in [0.29, 0.717) is 33.7 Å². The molecule has 0 bridgehead atoms. The van der Waals surface area contributed by atoms with Crippen LogP contribution in [0.1, 0.15) is 27.6 Å². The van der Waals surface area contributed by atoms with Crippen molar-refractivity contribution in [2.45, 2.75) is 6.92 Å². The predicted octanol–water partition coefficient (Wildman–Crippen LogP) is 3.92. The molecule has 0 saturated heterocycles. The van der Waals surface area contributed by atoms with Crippen LogP contribution in [-0.4, -0.2) is 31.7 Å². The summed E-state index contributed by atoms with van der Waals surface area (Å²) in [5.41, 5.74) is 3.23. The normalized spacial score (nSPS) is 10.8. The Bertz CT molecular complexity index is 1220. The van der Waals surface area contributed by atoms with E-state index in [2.05, 4.69) is 20.6 Å². The molecule has 2 heterocycles. The van der Waals surface area contributed by atoms with Gasteiger partial charge in [-0.1, -0.05) is 28.9 Å². The van der Waals surface area contributed by atoms with Gasteiger partial charge in [-0.25, -0.2) is 4.98 Å². The Labute approximate surface area is 165 Å². The second kappa shape index (κ2) is 7.21. The van der Waals surface area contributed by atoms with E-state index in [-0.39, 0.29) is 16.7 Å². The van der Waals surface area contributed by atoms with Gasteiger partial charge in [0.25, 0.3) is 5.91 Å². The van der Waals surface area contributed by atoms with Crippen LogP contribution in [0.15, 0.2) is 60.8 Å². The molecule has 0 radical (unpaired) electrons. The minimum atomic E-state index is -0.376. The summed E-state index contributed by atoms with van der Waals surface area (Å²) in [5.74, 6) is -0.453. The zero-order chi connectivity index (χ0) is 19.7. The van der Waals surface area contributed by atoms with Gasteiger partial charge in [0.15, 0.2) is 11.4 Å². The van der Waals surface area contributed by atoms with Crippen LogP contribution in [0, 0.1) is 0 Å². The largest absolute Gasteiger partial charge is 0.322 e. The number of nitrogens with one attached hydrogen (secondary N) is 1. The molecular formula is C20H14ClN5O2. The molecule has 0 aliphatic heterocycles. The van der Waals surface area contributed by atoms with Gasteiger partial charge in [0.2, 0.25) is 0 Å². The topological polar surface area (TPSA) is 89.8 Å². The molecule has 138 valence electrons. The van der Waals surface area contributed by atoms with Crippen molar-refractivity contribution in [3.8, 4) is 5.69 Å². The van der Waals surface area contributed by atoms with Crippen molar-refractivity contribution >= 4 is 40.1 Å². The molecule has 1 N–H and O–H groups in total. The monoisotopic (exact) mass is 391 g/mol. The molecule has 1 amide bonds. The number of nitrogens with zero attached hydrogens (tertiary/aromatic N) is 4. The Kier molecular flexibility index (Phi) is 4.58. The highest BCUT2D eigenvalue weighted by Gasteiger charge is 2.14. The highest BCUT2D eigenvalue weighted by atomic mass is 35.5. The number of benzene rings is 2. The van der Waals surface area contributed by atoms with Crippen molar-refractivity contribution in [2.24, 2.45) is 0 Å². The van der Waals surface area contributed by atoms with E-state index in [1.807, 2.05) is 6.07 Å². The van der Waals surface area contributed by atoms with Gasteiger partial charge >= 0.3 is 0 Å². The molecule has 0 aliphatic carbocycles. The first-order chi connectivity index (χ1) is 13.5. The molecular weight excluding hydrogens is 378 g/mol. The number of carbonyl (C=O) groups excluding carboxylic acids is 2. The van der Waals surface area contributed by atoms with Crippen molar-refractivity contribution in [3.05, 3.63) is 76.9 Å². The Morgan fingerprint density at radius 2 is 1.93 bits per heavy atom. The Morgan fingerprint density at radius 1 is 1.07 bits per heavy atom. The number of carbonyl (C=O) groups is 2. The fraction of sp³-hybridized carbons (Fsp3) is 0.0500. The predicted molar refractivity (Wildman–Crippen MR) is 106 cm³/mol. The molecule has 8 heteroatoms. The van der Waals surface area contributed by atoms with Gasteiger partial charge in [-0.15, -0.1) is 5.10 Å². The van der Waals surface area contributed by atoms with Gasteiger partial charge in [0.1, 0.15) is 5.52 Å². The summed E-state index contributed by atoms with van der Waals surface area (Å²) in [5, 5.41) is 11.2. The Hall–Kier alpha value is -3.58. The molecule has 0 saturated carbocycles. The molecule has 0 aliphatic rings. The van der Waals surface area contributed by atoms with Crippen molar-refractivity contribution in [1.29, 1.82) is 0 Å². The van der Waals surface area contributed by atoms with Crippen LogP contribution in [0.25, 0.3) is 16.9 Å². The van der Waals surface area contributed by atoms with Crippen LogP contribution >= 0.6 is 11.6 Å². The summed E-state index contributed by atoms with van der Waals surface area (Å²) < 4.78 is 1.55. The fourth-order valence-corrected chi connectivity index (χ4v) is 3.03. The molecule has 2 aromatic heterocycles. The maximum absolute atomic E-state index is 12.6. The van der Waals surface area contributed by atoms with Crippen LogP contribution in [-0.2, 0) is 0 Å². The Morgan fingerprint density at radius 3 is 2.71 bits per heavy atom. The molecule has 7 nitrogen and oxygen atoms in total. The number of amides is 1. The maximum Gasteiger partial charge on any atom is 0.257 e. The zero-order valence-electron chi connectivity index (χ0n) is 14.8. The average Bonchev–Trinajstić information content (AvgIpc) is 3.12. The minimum Gasteiger partial charge on any atom is -0.322 e. The third-order valence-electron chi connectivity index (χ3n) is 4.18. The molecule has 0 spiro atoms. The molecule has 0 fully saturated rings. The lowest BCUT2D eigenvalue weighted by molar-refractivity contribution is 0.101. The molecule has 0 unspecified atom stereocenters. The lowest BCUT2D eigenvalue weighted by Crippen LogP contribution is -2.13. The van der Waals surface area contributed by atoms with Crippen molar-refractivity contribution in [1.82, 2.24) is 20.0 Å². The number of pyridine rings is 1. The number of fused-ring (bicyclic) bond motifs is 1. The quantitative estimate of drug-likeness (QED) is 0.532. The van der Waals surface area contributed by atoms with Gasteiger partial charge in [-0.05, 0) is 49.4 Å². The van der Waals surface area contributed by atoms with Crippen molar-refractivity contribution in [3.63, 3.8) is 0 Å². The summed E-state index contributed by atoms with van der Waals surface area (Å²) in [6, 6.07) is 15.3. The number of anilines is 1. The number of hydrogen-bond donors (Lipinski definition) is 1. The molecule has 4 aromatic rings. The lowest BCUT2D eigenvalue weighted by atomic mass is 10.1. The van der Waals surface area contributed by atoms with E-state index < -0.39 is 0 Å². The van der Waals surface area contributed by atoms with Gasteiger partial charge in [0, 0.05) is 17.4 Å². The van der Waals surface area contributed by atoms with E-state index in [0.717, 1.165) is 0 Å². The van der Waals surface area contributed by atoms with E-state index in [1.165, 1.54) is 6.92 Å². The van der Waals surface area contributed by atoms with Crippen molar-refractivity contribution < 1.29 is 9.59 Å². The summed E-state index contributed by atoms with van der Waals surface area (Å²) in [6.45, 7) is 1.47. The fourth-order valence-electron chi connectivity index (χ4n) is 2.77. The van der Waals surface area contributed by atoms with E-state index in [4.69, 9.17) is 11.6 Å². The summed E-state index contributed by atoms with van der Waals surface area (Å²) in [4.78, 5) is 28.4. The highest BCUT2D eigenvalue weighted by Crippen LogP contribution is 2.23. The highest BCUT2D eigenvalue weighted by molar-refractivity contribution is 6.34. The van der Waals surface area contributed by atoms with E-state index >= 15 is 0 Å². The van der Waals surface area contributed by atoms with Crippen LogP contribution in [0.4, 0.5) is 5.69 Å². The van der Waals surface area contributed by atoms with Crippen LogP contribution in [0.5, 0.6) is 0 Å². The number of ketones is 1. The van der Waals surface area contributed by atoms with Gasteiger partial charge < -0.3 is 5.32 Å². The molecule has 0 atom stereocenters. The van der Waals surface area contributed by atoms with Gasteiger partial charge in [-0.3, -0.25) is 9.59 Å². The molecule has 28 heavy (non-hydrogen) atoms.